The lowest BCUT2D eigenvalue weighted by atomic mass is 9.90. The molecule has 0 bridgehead atoms. The predicted octanol–water partition coefficient (Wildman–Crippen LogP) is 4.88. The van der Waals surface area contributed by atoms with Gasteiger partial charge in [-0.1, -0.05) is 18.2 Å². The minimum Gasteiger partial charge on any atom is -0.497 e. The molecular weight excluding hydrogens is 410 g/mol. The zero-order chi connectivity index (χ0) is 21.8. The molecule has 162 valence electrons. The second kappa shape index (κ2) is 9.43. The number of carbonyl (C=O) groups excluding carboxylic acids is 1. The van der Waals surface area contributed by atoms with E-state index in [1.165, 1.54) is 5.56 Å². The fourth-order valence-corrected chi connectivity index (χ4v) is 5.01. The summed E-state index contributed by atoms with van der Waals surface area (Å²) in [7, 11) is 4.95. The van der Waals surface area contributed by atoms with Crippen molar-refractivity contribution in [2.24, 2.45) is 0 Å². The van der Waals surface area contributed by atoms with Crippen LogP contribution in [0.25, 0.3) is 0 Å². The fourth-order valence-electron chi connectivity index (χ4n) is 4.16. The number of thiophene rings is 1. The molecule has 0 saturated carbocycles. The Morgan fingerprint density at radius 1 is 1.03 bits per heavy atom. The number of benzene rings is 2. The summed E-state index contributed by atoms with van der Waals surface area (Å²) in [5.74, 6) is 2.40. The minimum atomic E-state index is -0.105. The molecule has 1 aliphatic rings. The van der Waals surface area contributed by atoms with E-state index < -0.39 is 0 Å². The average molecular weight is 438 g/mol. The topological polar surface area (TPSA) is 48.0 Å². The van der Waals surface area contributed by atoms with Gasteiger partial charge in [0, 0.05) is 17.8 Å². The third kappa shape index (κ3) is 4.39. The number of rotatable bonds is 7. The highest BCUT2D eigenvalue weighted by atomic mass is 32.1. The van der Waals surface area contributed by atoms with Gasteiger partial charge in [-0.05, 0) is 65.2 Å². The van der Waals surface area contributed by atoms with Crippen LogP contribution in [0.4, 0.5) is 0 Å². The number of carbonyl (C=O) groups is 1. The molecule has 3 aromatic rings. The summed E-state index contributed by atoms with van der Waals surface area (Å²) in [6, 6.07) is 16.0. The van der Waals surface area contributed by atoms with Crippen LogP contribution < -0.4 is 14.2 Å². The second-order valence-corrected chi connectivity index (χ2v) is 8.49. The number of hydrogen-bond donors (Lipinski definition) is 0. The van der Waals surface area contributed by atoms with Gasteiger partial charge in [-0.15, -0.1) is 11.3 Å². The van der Waals surface area contributed by atoms with Gasteiger partial charge < -0.3 is 19.1 Å². The average Bonchev–Trinajstić information content (AvgIpc) is 3.35. The molecule has 0 radical (unpaired) electrons. The van der Waals surface area contributed by atoms with Gasteiger partial charge in [0.2, 0.25) is 5.91 Å². The van der Waals surface area contributed by atoms with Gasteiger partial charge in [0.25, 0.3) is 0 Å². The van der Waals surface area contributed by atoms with Crippen LogP contribution in [-0.2, 0) is 17.6 Å². The van der Waals surface area contributed by atoms with Crippen molar-refractivity contribution in [1.29, 1.82) is 0 Å². The lowest BCUT2D eigenvalue weighted by molar-refractivity contribution is -0.133. The van der Waals surface area contributed by atoms with Gasteiger partial charge in [0.15, 0.2) is 11.5 Å². The Morgan fingerprint density at radius 3 is 2.42 bits per heavy atom. The first-order chi connectivity index (χ1) is 15.1. The number of nitrogens with zero attached hydrogens (tertiary/aromatic N) is 1. The van der Waals surface area contributed by atoms with Gasteiger partial charge in [-0.3, -0.25) is 4.79 Å². The number of hydrogen-bond acceptors (Lipinski definition) is 5. The van der Waals surface area contributed by atoms with Gasteiger partial charge in [-0.25, -0.2) is 0 Å². The SMILES string of the molecule is COc1ccc(CCC(=O)N2CCc3cc(OC)c(OC)cc3[C@H]2c2cccs2)cc1. The number of aryl methyl sites for hydroxylation is 1. The van der Waals surface area contributed by atoms with Crippen LogP contribution in [0.2, 0.25) is 0 Å². The molecule has 1 aliphatic heterocycles. The predicted molar refractivity (Wildman–Crippen MR) is 122 cm³/mol. The van der Waals surface area contributed by atoms with E-state index in [0.717, 1.165) is 33.9 Å². The van der Waals surface area contributed by atoms with Crippen LogP contribution in [0.5, 0.6) is 17.2 Å². The highest BCUT2D eigenvalue weighted by Gasteiger charge is 2.33. The summed E-state index contributed by atoms with van der Waals surface area (Å²) in [5.41, 5.74) is 3.45. The Hall–Kier alpha value is -2.99. The van der Waals surface area contributed by atoms with Crippen molar-refractivity contribution in [3.8, 4) is 17.2 Å². The van der Waals surface area contributed by atoms with E-state index in [9.17, 15) is 4.79 Å². The summed E-state index contributed by atoms with van der Waals surface area (Å²) >= 11 is 1.68. The maximum atomic E-state index is 13.3. The van der Waals surface area contributed by atoms with Gasteiger partial charge in [0.1, 0.15) is 5.75 Å². The fraction of sp³-hybridized carbons (Fsp3) is 0.320. The largest absolute Gasteiger partial charge is 0.497 e. The third-order valence-electron chi connectivity index (χ3n) is 5.79. The zero-order valence-electron chi connectivity index (χ0n) is 18.1. The van der Waals surface area contributed by atoms with E-state index in [4.69, 9.17) is 14.2 Å². The first-order valence-electron chi connectivity index (χ1n) is 10.3. The van der Waals surface area contributed by atoms with Crippen molar-refractivity contribution in [3.63, 3.8) is 0 Å². The van der Waals surface area contributed by atoms with Crippen molar-refractivity contribution in [2.75, 3.05) is 27.9 Å². The van der Waals surface area contributed by atoms with Crippen LogP contribution in [0, 0.1) is 0 Å². The second-order valence-electron chi connectivity index (χ2n) is 7.51. The van der Waals surface area contributed by atoms with Crippen molar-refractivity contribution in [3.05, 3.63) is 75.5 Å². The Labute approximate surface area is 187 Å². The van der Waals surface area contributed by atoms with E-state index in [0.29, 0.717) is 25.1 Å². The lowest BCUT2D eigenvalue weighted by Crippen LogP contribution is -2.40. The van der Waals surface area contributed by atoms with Crippen molar-refractivity contribution < 1.29 is 19.0 Å². The van der Waals surface area contributed by atoms with E-state index in [1.54, 1.807) is 32.7 Å². The maximum Gasteiger partial charge on any atom is 0.223 e. The molecule has 4 rings (SSSR count). The van der Waals surface area contributed by atoms with E-state index in [1.807, 2.05) is 47.4 Å². The summed E-state index contributed by atoms with van der Waals surface area (Å²) in [6.45, 7) is 0.687. The molecule has 6 heteroatoms. The maximum absolute atomic E-state index is 13.3. The molecule has 1 atom stereocenters. The smallest absolute Gasteiger partial charge is 0.223 e. The Morgan fingerprint density at radius 2 is 1.77 bits per heavy atom. The molecule has 0 N–H and O–H groups in total. The zero-order valence-corrected chi connectivity index (χ0v) is 18.9. The van der Waals surface area contributed by atoms with Crippen LogP contribution >= 0.6 is 11.3 Å². The summed E-state index contributed by atoms with van der Waals surface area (Å²) in [4.78, 5) is 16.5. The molecule has 1 aromatic heterocycles. The van der Waals surface area contributed by atoms with Crippen molar-refractivity contribution in [2.45, 2.75) is 25.3 Å². The van der Waals surface area contributed by atoms with Gasteiger partial charge >= 0.3 is 0 Å². The number of ether oxygens (including phenoxy) is 3. The van der Waals surface area contributed by atoms with E-state index in [-0.39, 0.29) is 11.9 Å². The molecular formula is C25H27NO4S. The third-order valence-corrected chi connectivity index (χ3v) is 6.72. The monoisotopic (exact) mass is 437 g/mol. The Kier molecular flexibility index (Phi) is 6.47. The Bertz CT molecular complexity index is 1030. The van der Waals surface area contributed by atoms with Gasteiger partial charge in [0.05, 0.1) is 27.4 Å². The highest BCUT2D eigenvalue weighted by Crippen LogP contribution is 2.42. The molecule has 0 saturated heterocycles. The summed E-state index contributed by atoms with van der Waals surface area (Å²) in [6.07, 6.45) is 1.97. The number of methoxy groups -OCH3 is 3. The molecule has 0 fully saturated rings. The number of fused-ring (bicyclic) bond motifs is 1. The summed E-state index contributed by atoms with van der Waals surface area (Å²) < 4.78 is 16.3. The van der Waals surface area contributed by atoms with Gasteiger partial charge in [-0.2, -0.15) is 0 Å². The molecule has 2 heterocycles. The molecule has 0 spiro atoms. The van der Waals surface area contributed by atoms with Crippen molar-refractivity contribution >= 4 is 17.2 Å². The molecule has 0 aliphatic carbocycles. The minimum absolute atomic E-state index is 0.105. The van der Waals surface area contributed by atoms with Crippen LogP contribution in [0.3, 0.4) is 0 Å². The normalized spacial score (nSPS) is 15.3. The van der Waals surface area contributed by atoms with E-state index >= 15 is 0 Å². The number of amides is 1. The standard InChI is InChI=1S/C25H27NO4S/c1-28-19-9-6-17(7-10-19)8-11-24(27)26-13-12-18-15-21(29-2)22(30-3)16-20(18)25(26)23-5-4-14-31-23/h4-7,9-10,14-16,25H,8,11-13H2,1-3H3/t25-/m0/s1. The first-order valence-corrected chi connectivity index (χ1v) is 11.2. The van der Waals surface area contributed by atoms with E-state index in [2.05, 4.69) is 11.4 Å². The van der Waals surface area contributed by atoms with Crippen LogP contribution in [-0.4, -0.2) is 38.7 Å². The molecule has 1 amide bonds. The Balaban J connectivity index is 1.60. The molecule has 31 heavy (non-hydrogen) atoms. The molecule has 2 aromatic carbocycles. The molecule has 5 nitrogen and oxygen atoms in total. The van der Waals surface area contributed by atoms with Crippen molar-refractivity contribution in [1.82, 2.24) is 4.90 Å². The van der Waals surface area contributed by atoms with Crippen LogP contribution in [0.1, 0.15) is 34.0 Å². The first kappa shape index (κ1) is 21.2. The molecule has 0 unspecified atom stereocenters. The summed E-state index contributed by atoms with van der Waals surface area (Å²) in [5, 5.41) is 2.06. The quantitative estimate of drug-likeness (QED) is 0.529. The van der Waals surface area contributed by atoms with Crippen LogP contribution in [0.15, 0.2) is 53.9 Å². The highest BCUT2D eigenvalue weighted by molar-refractivity contribution is 7.10. The lowest BCUT2D eigenvalue weighted by Gasteiger charge is -2.37.